The monoisotopic (exact) mass is 757 g/mol. The minimum atomic E-state index is 0.623. The Morgan fingerprint density at radius 1 is 0.397 bits per heavy atom. The molecule has 270 valence electrons. The van der Waals surface area contributed by atoms with Gasteiger partial charge in [-0.2, -0.15) is 0 Å². The summed E-state index contributed by atoms with van der Waals surface area (Å²) >= 11 is 1.79. The van der Waals surface area contributed by atoms with Crippen LogP contribution < -0.4 is 0 Å². The summed E-state index contributed by atoms with van der Waals surface area (Å²) in [5, 5.41) is 9.59. The number of hydrogen-bond acceptors (Lipinski definition) is 5. The van der Waals surface area contributed by atoms with Crippen LogP contribution in [0.2, 0.25) is 0 Å². The zero-order valence-electron chi connectivity index (χ0n) is 31.0. The van der Waals surface area contributed by atoms with Crippen LogP contribution in [-0.2, 0) is 0 Å². The van der Waals surface area contributed by atoms with Gasteiger partial charge in [0.25, 0.3) is 0 Å². The van der Waals surface area contributed by atoms with Crippen LogP contribution in [0.4, 0.5) is 0 Å². The summed E-state index contributed by atoms with van der Waals surface area (Å²) in [6, 6.07) is 64.2. The molecule has 5 nitrogen and oxygen atoms in total. The largest absolute Gasteiger partial charge is 0.309 e. The molecule has 4 aromatic heterocycles. The predicted octanol–water partition coefficient (Wildman–Crippen LogP) is 13.7. The van der Waals surface area contributed by atoms with Crippen LogP contribution in [-0.4, -0.2) is 24.5 Å². The number of thiophene rings is 1. The molecule has 0 fully saturated rings. The SMILES string of the molecule is c1ccc(-c2nc(-c3ccc(-c4nccc5c4sc4ccc(-n6c7ccccc7c7ccccc76)cc45)cc3)nc(-c3cc4ccccc4c4ccccc34)n2)cc1. The molecular formula is C52H31N5S. The van der Waals surface area contributed by atoms with Crippen molar-refractivity contribution in [3.05, 3.63) is 188 Å². The zero-order chi connectivity index (χ0) is 38.2. The first-order valence-corrected chi connectivity index (χ1v) is 20.2. The van der Waals surface area contributed by atoms with E-state index in [1.54, 1.807) is 11.3 Å². The highest BCUT2D eigenvalue weighted by Crippen LogP contribution is 2.42. The number of rotatable bonds is 5. The van der Waals surface area contributed by atoms with Crippen molar-refractivity contribution in [1.82, 2.24) is 24.5 Å². The van der Waals surface area contributed by atoms with Gasteiger partial charge in [0.2, 0.25) is 0 Å². The topological polar surface area (TPSA) is 56.5 Å². The third-order valence-electron chi connectivity index (χ3n) is 11.3. The molecule has 0 aliphatic carbocycles. The van der Waals surface area contributed by atoms with Crippen LogP contribution in [0, 0.1) is 0 Å². The molecule has 0 radical (unpaired) electrons. The van der Waals surface area contributed by atoms with E-state index >= 15 is 0 Å². The number of nitrogens with zero attached hydrogens (tertiary/aromatic N) is 5. The van der Waals surface area contributed by atoms with E-state index in [0.29, 0.717) is 17.5 Å². The van der Waals surface area contributed by atoms with Gasteiger partial charge < -0.3 is 4.57 Å². The van der Waals surface area contributed by atoms with Crippen LogP contribution in [0.1, 0.15) is 0 Å². The Labute approximate surface area is 337 Å². The van der Waals surface area contributed by atoms with E-state index in [-0.39, 0.29) is 0 Å². The van der Waals surface area contributed by atoms with Crippen LogP contribution in [0.15, 0.2) is 188 Å². The molecule has 12 rings (SSSR count). The molecule has 12 aromatic rings. The highest BCUT2D eigenvalue weighted by Gasteiger charge is 2.18. The van der Waals surface area contributed by atoms with E-state index in [1.807, 2.05) is 36.5 Å². The van der Waals surface area contributed by atoms with Gasteiger partial charge in [0.15, 0.2) is 17.5 Å². The minimum absolute atomic E-state index is 0.623. The normalized spacial score (nSPS) is 11.8. The third-order valence-corrected chi connectivity index (χ3v) is 12.5. The average Bonchev–Trinajstić information content (AvgIpc) is 3.84. The Kier molecular flexibility index (Phi) is 7.33. The summed E-state index contributed by atoms with van der Waals surface area (Å²) in [5.74, 6) is 1.91. The maximum atomic E-state index is 5.17. The summed E-state index contributed by atoms with van der Waals surface area (Å²) in [7, 11) is 0. The van der Waals surface area contributed by atoms with Gasteiger partial charge in [0, 0.05) is 60.4 Å². The van der Waals surface area contributed by atoms with Crippen molar-refractivity contribution < 1.29 is 0 Å². The lowest BCUT2D eigenvalue weighted by Crippen LogP contribution is -2.00. The van der Waals surface area contributed by atoms with Crippen LogP contribution >= 0.6 is 11.3 Å². The fraction of sp³-hybridized carbons (Fsp3) is 0. The Hall–Kier alpha value is -7.54. The molecule has 58 heavy (non-hydrogen) atoms. The van der Waals surface area contributed by atoms with Gasteiger partial charge in [-0.3, -0.25) is 4.98 Å². The molecule has 4 heterocycles. The molecule has 0 saturated heterocycles. The Bertz CT molecular complexity index is 3510. The second-order valence-electron chi connectivity index (χ2n) is 14.6. The maximum Gasteiger partial charge on any atom is 0.164 e. The van der Waals surface area contributed by atoms with E-state index in [0.717, 1.165) is 44.4 Å². The number of pyridine rings is 1. The molecule has 0 unspecified atom stereocenters. The van der Waals surface area contributed by atoms with Crippen LogP contribution in [0.3, 0.4) is 0 Å². The standard InChI is InChI=1S/C52H31N5S/c1-2-12-33(13-3-1)50-54-51(56-52(55-50)44-30-35-14-4-5-15-37(35)38-16-6-7-17-39(38)44)34-24-22-32(23-25-34)48-49-42(28-29-53-48)43-31-36(26-27-47(43)58-49)57-45-20-10-8-18-40(45)41-19-9-11-21-46(41)57/h1-31H. The van der Waals surface area contributed by atoms with E-state index in [4.69, 9.17) is 19.9 Å². The van der Waals surface area contributed by atoms with E-state index in [2.05, 4.69) is 156 Å². The van der Waals surface area contributed by atoms with Gasteiger partial charge in [-0.1, -0.05) is 140 Å². The lowest BCUT2D eigenvalue weighted by Gasteiger charge is -2.12. The minimum Gasteiger partial charge on any atom is -0.309 e. The second-order valence-corrected chi connectivity index (χ2v) is 15.7. The summed E-state index contributed by atoms with van der Waals surface area (Å²) < 4.78 is 4.78. The van der Waals surface area contributed by atoms with Gasteiger partial charge in [0.05, 0.1) is 21.4 Å². The second kappa shape index (κ2) is 13.0. The first kappa shape index (κ1) is 32.7. The van der Waals surface area contributed by atoms with Gasteiger partial charge in [-0.15, -0.1) is 11.3 Å². The molecule has 0 N–H and O–H groups in total. The van der Waals surface area contributed by atoms with E-state index in [1.165, 1.54) is 52.8 Å². The van der Waals surface area contributed by atoms with Gasteiger partial charge >= 0.3 is 0 Å². The fourth-order valence-electron chi connectivity index (χ4n) is 8.59. The van der Waals surface area contributed by atoms with E-state index < -0.39 is 0 Å². The van der Waals surface area contributed by atoms with Crippen molar-refractivity contribution in [2.45, 2.75) is 0 Å². The maximum absolute atomic E-state index is 5.17. The molecule has 8 aromatic carbocycles. The molecule has 0 bridgehead atoms. The number of benzene rings is 8. The lowest BCUT2D eigenvalue weighted by atomic mass is 9.97. The lowest BCUT2D eigenvalue weighted by molar-refractivity contribution is 1.08. The van der Waals surface area contributed by atoms with Crippen molar-refractivity contribution in [3.63, 3.8) is 0 Å². The first-order chi connectivity index (χ1) is 28.7. The fourth-order valence-corrected chi connectivity index (χ4v) is 9.78. The molecular weight excluding hydrogens is 727 g/mol. The Balaban J connectivity index is 0.970. The molecule has 6 heteroatoms. The van der Waals surface area contributed by atoms with Crippen LogP contribution in [0.5, 0.6) is 0 Å². The number of hydrogen-bond donors (Lipinski definition) is 0. The van der Waals surface area contributed by atoms with Crippen molar-refractivity contribution in [3.8, 4) is 51.1 Å². The third kappa shape index (κ3) is 5.16. The van der Waals surface area contributed by atoms with Gasteiger partial charge in [-0.25, -0.2) is 15.0 Å². The zero-order valence-corrected chi connectivity index (χ0v) is 31.9. The van der Waals surface area contributed by atoms with Crippen molar-refractivity contribution in [2.24, 2.45) is 0 Å². The van der Waals surface area contributed by atoms with Crippen molar-refractivity contribution in [1.29, 1.82) is 0 Å². The predicted molar refractivity (Wildman–Crippen MR) is 242 cm³/mol. The molecule has 0 saturated carbocycles. The number of aromatic nitrogens is 5. The summed E-state index contributed by atoms with van der Waals surface area (Å²) in [4.78, 5) is 20.3. The smallest absolute Gasteiger partial charge is 0.164 e. The molecule has 0 aliphatic heterocycles. The molecule has 0 spiro atoms. The highest BCUT2D eigenvalue weighted by atomic mass is 32.1. The van der Waals surface area contributed by atoms with Gasteiger partial charge in [-0.05, 0) is 64.0 Å². The summed E-state index contributed by atoms with van der Waals surface area (Å²) in [6.45, 7) is 0. The first-order valence-electron chi connectivity index (χ1n) is 19.4. The number of fused-ring (bicyclic) bond motifs is 9. The molecule has 0 atom stereocenters. The average molecular weight is 758 g/mol. The Morgan fingerprint density at radius 2 is 0.983 bits per heavy atom. The van der Waals surface area contributed by atoms with Gasteiger partial charge in [0.1, 0.15) is 0 Å². The highest BCUT2D eigenvalue weighted by molar-refractivity contribution is 7.26. The summed E-state index contributed by atoms with van der Waals surface area (Å²) in [6.07, 6.45) is 1.93. The van der Waals surface area contributed by atoms with Crippen LogP contribution in [0.25, 0.3) is 115 Å². The quantitative estimate of drug-likeness (QED) is 0.164. The molecule has 0 amide bonds. The van der Waals surface area contributed by atoms with Crippen molar-refractivity contribution >= 4 is 74.9 Å². The van der Waals surface area contributed by atoms with Crippen molar-refractivity contribution in [2.75, 3.05) is 0 Å². The van der Waals surface area contributed by atoms with E-state index in [9.17, 15) is 0 Å². The number of para-hydroxylation sites is 2. The summed E-state index contributed by atoms with van der Waals surface area (Å²) in [5.41, 5.74) is 8.40. The Morgan fingerprint density at radius 3 is 1.72 bits per heavy atom. The molecule has 0 aliphatic rings.